The Bertz CT molecular complexity index is 1420. The zero-order valence-corrected chi connectivity index (χ0v) is 28.8. The molecule has 3 saturated heterocycles. The molecule has 1 spiro atoms. The minimum Gasteiger partial charge on any atom is -0.394 e. The first-order chi connectivity index (χ1) is 23.6. The highest BCUT2D eigenvalue weighted by atomic mass is 16.5. The highest BCUT2D eigenvalue weighted by molar-refractivity contribution is 5.82. The van der Waals surface area contributed by atoms with Crippen LogP contribution < -0.4 is 0 Å². The van der Waals surface area contributed by atoms with Gasteiger partial charge in [0.15, 0.2) is 0 Å². The fourth-order valence-electron chi connectivity index (χ4n) is 6.94. The van der Waals surface area contributed by atoms with E-state index in [1.807, 2.05) is 52.0 Å². The van der Waals surface area contributed by atoms with Gasteiger partial charge in [0.25, 0.3) is 0 Å². The van der Waals surface area contributed by atoms with Crippen molar-refractivity contribution in [2.75, 3.05) is 33.4 Å². The number of hydrogen-bond acceptors (Lipinski definition) is 11. The lowest BCUT2D eigenvalue weighted by Gasteiger charge is -2.39. The van der Waals surface area contributed by atoms with Gasteiger partial charge < -0.3 is 55.2 Å². The summed E-state index contributed by atoms with van der Waals surface area (Å²) in [6, 6.07) is 11.9. The van der Waals surface area contributed by atoms with E-state index in [1.54, 1.807) is 0 Å². The summed E-state index contributed by atoms with van der Waals surface area (Å²) in [6.45, 7) is 8.71. The first-order valence-corrected chi connectivity index (χ1v) is 17.2. The van der Waals surface area contributed by atoms with E-state index in [-0.39, 0.29) is 5.41 Å². The van der Waals surface area contributed by atoms with E-state index in [9.17, 15) is 40.9 Å². The van der Waals surface area contributed by atoms with Gasteiger partial charge in [-0.1, -0.05) is 63.5 Å². The van der Waals surface area contributed by atoms with Crippen LogP contribution in [-0.4, -0.2) is 140 Å². The van der Waals surface area contributed by atoms with Gasteiger partial charge in [0.05, 0.1) is 13.2 Å². The summed E-state index contributed by atoms with van der Waals surface area (Å²) in [6.07, 6.45) is -11.3. The summed E-state index contributed by atoms with van der Waals surface area (Å²) in [4.78, 5) is 2.29. The number of benzene rings is 2. The van der Waals surface area contributed by atoms with Gasteiger partial charge in [-0.3, -0.25) is 0 Å². The molecule has 2 aromatic carbocycles. The molecule has 1 aliphatic carbocycles. The molecule has 3 fully saturated rings. The summed E-state index contributed by atoms with van der Waals surface area (Å²) in [7, 11) is 2.09. The highest BCUT2D eigenvalue weighted by Crippen LogP contribution is 2.54. The lowest BCUT2D eigenvalue weighted by atomic mass is 9.70. The molecular weight excluding hydrogens is 630 g/mol. The Labute approximate surface area is 288 Å². The Kier molecular flexibility index (Phi) is 13.4. The molecule has 0 saturated carbocycles. The molecule has 11 nitrogen and oxygen atoms in total. The van der Waals surface area contributed by atoms with Gasteiger partial charge in [-0.15, -0.1) is 0 Å². The summed E-state index contributed by atoms with van der Waals surface area (Å²) in [5.41, 5.74) is 5.51. The fourth-order valence-corrected chi connectivity index (χ4v) is 6.94. The maximum Gasteiger partial charge on any atom is 0.147 e. The number of ether oxygens (including phenoxy) is 2. The lowest BCUT2D eigenvalue weighted by molar-refractivity contribution is -0.214. The van der Waals surface area contributed by atoms with Crippen molar-refractivity contribution in [1.82, 2.24) is 4.90 Å². The van der Waals surface area contributed by atoms with Crippen molar-refractivity contribution >= 4 is 0 Å². The summed E-state index contributed by atoms with van der Waals surface area (Å²) in [5, 5.41) is 80.3. The van der Waals surface area contributed by atoms with Crippen molar-refractivity contribution in [3.05, 3.63) is 58.7 Å². The predicted octanol–water partition coefficient (Wildman–Crippen LogP) is 0.119. The van der Waals surface area contributed by atoms with Crippen LogP contribution in [0.4, 0.5) is 0 Å². The van der Waals surface area contributed by atoms with Crippen LogP contribution in [0.5, 0.6) is 0 Å². The van der Waals surface area contributed by atoms with Gasteiger partial charge in [-0.25, -0.2) is 0 Å². The monoisotopic (exact) mass is 681 g/mol. The van der Waals surface area contributed by atoms with Gasteiger partial charge in [0.2, 0.25) is 0 Å². The maximum atomic E-state index is 10.4. The van der Waals surface area contributed by atoms with Crippen LogP contribution in [0.15, 0.2) is 36.4 Å². The first kappa shape index (κ1) is 38.9. The van der Waals surface area contributed by atoms with Gasteiger partial charge >= 0.3 is 0 Å². The molecule has 0 radical (unpaired) electrons. The second kappa shape index (κ2) is 16.9. The van der Waals surface area contributed by atoms with E-state index < -0.39 is 74.3 Å². The number of fused-ring (bicyclic) bond motifs is 5. The summed E-state index contributed by atoms with van der Waals surface area (Å²) >= 11 is 0. The predicted molar refractivity (Wildman–Crippen MR) is 183 cm³/mol. The Morgan fingerprint density at radius 3 is 1.39 bits per heavy atom. The van der Waals surface area contributed by atoms with Crippen LogP contribution >= 0.6 is 0 Å². The molecule has 3 heterocycles. The molecule has 0 unspecified atom stereocenters. The van der Waals surface area contributed by atoms with Gasteiger partial charge in [-0.2, -0.15) is 0 Å². The molecule has 0 aromatic heterocycles. The zero-order chi connectivity index (χ0) is 36.0. The second-order valence-electron chi connectivity index (χ2n) is 12.4. The molecule has 0 bridgehead atoms. The topological polar surface area (TPSA) is 184 Å². The average Bonchev–Trinajstić information content (AvgIpc) is 3.39. The quantitative estimate of drug-likeness (QED) is 0.202. The van der Waals surface area contributed by atoms with Crippen LogP contribution in [-0.2, 0) is 14.9 Å². The smallest absolute Gasteiger partial charge is 0.147 e. The molecule has 2 aromatic rings. The molecular formula is C38H51NO10. The van der Waals surface area contributed by atoms with Crippen LogP contribution in [0.1, 0.15) is 62.8 Å². The average molecular weight is 682 g/mol. The van der Waals surface area contributed by atoms with Crippen LogP contribution in [0.2, 0.25) is 0 Å². The third-order valence-corrected chi connectivity index (χ3v) is 9.70. The number of piperidine rings is 1. The number of aliphatic hydroxyl groups excluding tert-OH is 8. The zero-order valence-electron chi connectivity index (χ0n) is 28.8. The maximum absolute atomic E-state index is 10.4. The number of aliphatic hydroxyl groups is 8. The summed E-state index contributed by atoms with van der Waals surface area (Å²) in [5.74, 6) is 11.9. The van der Waals surface area contributed by atoms with Crippen LogP contribution in [0.3, 0.4) is 0 Å². The Balaban J connectivity index is 0.00000130. The largest absolute Gasteiger partial charge is 0.394 e. The van der Waals surface area contributed by atoms with Crippen molar-refractivity contribution in [2.45, 2.75) is 107 Å². The van der Waals surface area contributed by atoms with Crippen LogP contribution in [0.25, 0.3) is 11.1 Å². The number of hydrogen-bond donors (Lipinski definition) is 8. The number of rotatable bonds is 2. The van der Waals surface area contributed by atoms with E-state index >= 15 is 0 Å². The molecule has 8 N–H and O–H groups in total. The SMILES string of the molecule is CC.CC.CN1CCC2(CC1)c1cc(C#C[C@H]3O[C@H](CO)[C@@H](O)[C@H](O)[C@@H]3O)ccc1-c1ccc(C#C[C@H]3O[C@H](CO)[C@@H](O)[C@H](O)[C@@H]3O)cc12. The van der Waals surface area contributed by atoms with Gasteiger partial charge in [0.1, 0.15) is 61.0 Å². The van der Waals surface area contributed by atoms with E-state index in [0.717, 1.165) is 48.2 Å². The van der Waals surface area contributed by atoms with Crippen molar-refractivity contribution in [1.29, 1.82) is 0 Å². The Morgan fingerprint density at radius 2 is 1.02 bits per heavy atom. The number of nitrogens with zero attached hydrogens (tertiary/aromatic N) is 1. The minimum atomic E-state index is -1.50. The molecule has 11 heteroatoms. The van der Waals surface area contributed by atoms with E-state index in [1.165, 1.54) is 0 Å². The molecule has 4 aliphatic rings. The fraction of sp³-hybridized carbons (Fsp3) is 0.579. The first-order valence-electron chi connectivity index (χ1n) is 17.2. The van der Waals surface area contributed by atoms with Crippen molar-refractivity contribution < 1.29 is 50.3 Å². The molecule has 268 valence electrons. The van der Waals surface area contributed by atoms with Crippen LogP contribution in [0, 0.1) is 23.7 Å². The van der Waals surface area contributed by atoms with Gasteiger partial charge in [0, 0.05) is 16.5 Å². The lowest BCUT2D eigenvalue weighted by Crippen LogP contribution is -2.58. The second-order valence-corrected chi connectivity index (χ2v) is 12.4. The van der Waals surface area contributed by atoms with E-state index in [2.05, 4.69) is 47.8 Å². The van der Waals surface area contributed by atoms with Crippen molar-refractivity contribution in [3.8, 4) is 34.8 Å². The summed E-state index contributed by atoms with van der Waals surface area (Å²) < 4.78 is 11.1. The van der Waals surface area contributed by atoms with Crippen molar-refractivity contribution in [2.24, 2.45) is 0 Å². The molecule has 10 atom stereocenters. The molecule has 3 aliphatic heterocycles. The minimum absolute atomic E-state index is 0.307. The molecule has 6 rings (SSSR count). The molecule has 0 amide bonds. The third-order valence-electron chi connectivity index (χ3n) is 9.70. The Morgan fingerprint density at radius 1 is 0.633 bits per heavy atom. The normalized spacial score (nSPS) is 32.8. The highest BCUT2D eigenvalue weighted by Gasteiger charge is 2.46. The van der Waals surface area contributed by atoms with Crippen molar-refractivity contribution in [3.63, 3.8) is 0 Å². The third kappa shape index (κ3) is 7.59. The van der Waals surface area contributed by atoms with E-state index in [4.69, 9.17) is 9.47 Å². The van der Waals surface area contributed by atoms with E-state index in [0.29, 0.717) is 11.1 Å². The Hall–Kier alpha value is -2.88. The molecule has 49 heavy (non-hydrogen) atoms. The standard InChI is InChI=1S/C34H39NO10.2C2H6/c1-35-12-10-34(11-13-35)22-14-18(4-8-24-28(38)32(42)30(40)26(16-36)44-24)2-6-20(22)21-7-3-19(15-23(21)34)5-9-25-29(39)33(43)31(41)27(17-37)45-25;2*1-2/h2-3,6-7,14-15,24-33,36-43H,10-13,16-17H2,1H3;2*1-2H3/t24-,25-,26-,27-,28-,29-,30-,31-,32-,33-;;/m1../s1. The van der Waals surface area contributed by atoms with Gasteiger partial charge in [-0.05, 0) is 79.5 Å². The number of likely N-dealkylation sites (tertiary alicyclic amines) is 1.